The van der Waals surface area contributed by atoms with Crippen molar-refractivity contribution in [3.05, 3.63) is 64.2 Å². The van der Waals surface area contributed by atoms with E-state index in [1.165, 1.54) is 30.3 Å². The Morgan fingerprint density at radius 3 is 2.38 bits per heavy atom. The third-order valence-corrected chi connectivity index (χ3v) is 3.17. The highest BCUT2D eigenvalue weighted by atomic mass is 35.5. The van der Waals surface area contributed by atoms with Gasteiger partial charge in [-0.3, -0.25) is 9.59 Å². The topological polar surface area (TPSA) is 83.5 Å². The van der Waals surface area contributed by atoms with Gasteiger partial charge < -0.3 is 10.4 Å². The van der Waals surface area contributed by atoms with Crippen molar-refractivity contribution in [2.45, 2.75) is 0 Å². The van der Waals surface area contributed by atoms with Gasteiger partial charge in [-0.2, -0.15) is 0 Å². The Morgan fingerprint density at radius 2 is 1.76 bits per heavy atom. The molecule has 0 bridgehead atoms. The number of benzene rings is 2. The van der Waals surface area contributed by atoms with Gasteiger partial charge in [0.2, 0.25) is 6.41 Å². The van der Waals surface area contributed by atoms with E-state index in [1.54, 1.807) is 12.1 Å². The van der Waals surface area contributed by atoms with Crippen molar-refractivity contribution in [1.29, 1.82) is 0 Å². The monoisotopic (exact) mass is 303 g/mol. The number of nitrogens with one attached hydrogen (secondary N) is 1. The summed E-state index contributed by atoms with van der Waals surface area (Å²) in [5.41, 5.74) is 0.509. The van der Waals surface area contributed by atoms with Crippen LogP contribution in [0, 0.1) is 0 Å². The van der Waals surface area contributed by atoms with E-state index in [1.807, 2.05) is 0 Å². The number of ketones is 1. The van der Waals surface area contributed by atoms with Crippen LogP contribution in [-0.2, 0) is 4.79 Å². The largest absolute Gasteiger partial charge is 0.478 e. The molecule has 0 spiro atoms. The summed E-state index contributed by atoms with van der Waals surface area (Å²) in [7, 11) is 0. The van der Waals surface area contributed by atoms with Crippen molar-refractivity contribution in [1.82, 2.24) is 0 Å². The Labute approximate surface area is 125 Å². The average molecular weight is 304 g/mol. The Balaban J connectivity index is 2.48. The number of aromatic carboxylic acids is 1. The van der Waals surface area contributed by atoms with Crippen LogP contribution in [0.2, 0.25) is 5.02 Å². The molecule has 0 fully saturated rings. The molecule has 0 heterocycles. The number of hydrogen-bond donors (Lipinski definition) is 2. The number of amides is 1. The molecular weight excluding hydrogens is 294 g/mol. The molecule has 106 valence electrons. The lowest BCUT2D eigenvalue weighted by molar-refractivity contribution is -0.105. The first-order chi connectivity index (χ1) is 10.0. The number of anilines is 1. The second kappa shape index (κ2) is 6.19. The Hall–Kier alpha value is -2.66. The van der Waals surface area contributed by atoms with Crippen LogP contribution >= 0.6 is 11.6 Å². The maximum Gasteiger partial charge on any atom is 0.336 e. The van der Waals surface area contributed by atoms with E-state index >= 15 is 0 Å². The van der Waals surface area contributed by atoms with Crippen LogP contribution in [0.1, 0.15) is 26.3 Å². The van der Waals surface area contributed by atoms with E-state index in [0.717, 1.165) is 0 Å². The fourth-order valence-electron chi connectivity index (χ4n) is 1.86. The van der Waals surface area contributed by atoms with Crippen LogP contribution in [0.25, 0.3) is 0 Å². The Bertz CT molecular complexity index is 727. The minimum absolute atomic E-state index is 0.0735. The molecule has 0 unspecified atom stereocenters. The molecule has 0 aliphatic rings. The molecular formula is C15H10ClNO4. The van der Waals surface area contributed by atoms with Crippen molar-refractivity contribution < 1.29 is 19.5 Å². The van der Waals surface area contributed by atoms with Gasteiger partial charge in [0.05, 0.1) is 16.3 Å². The van der Waals surface area contributed by atoms with E-state index in [4.69, 9.17) is 16.7 Å². The third-order valence-electron chi connectivity index (χ3n) is 2.85. The molecule has 0 aliphatic carbocycles. The molecule has 2 aromatic rings. The molecule has 0 saturated heterocycles. The third kappa shape index (κ3) is 3.09. The molecule has 0 aromatic heterocycles. The Kier molecular flexibility index (Phi) is 4.35. The van der Waals surface area contributed by atoms with Crippen LogP contribution < -0.4 is 5.32 Å². The van der Waals surface area contributed by atoms with E-state index in [2.05, 4.69) is 5.32 Å². The van der Waals surface area contributed by atoms with Crippen molar-refractivity contribution in [3.8, 4) is 0 Å². The predicted octanol–water partition coefficient (Wildman–Crippen LogP) is 2.84. The maximum atomic E-state index is 12.4. The zero-order chi connectivity index (χ0) is 15.4. The smallest absolute Gasteiger partial charge is 0.336 e. The second-order valence-corrected chi connectivity index (χ2v) is 4.54. The lowest BCUT2D eigenvalue weighted by atomic mass is 9.98. The number of halogens is 1. The summed E-state index contributed by atoms with van der Waals surface area (Å²) in [6.07, 6.45) is 0.445. The zero-order valence-electron chi connectivity index (χ0n) is 10.7. The van der Waals surface area contributed by atoms with Crippen LogP contribution in [0.4, 0.5) is 5.69 Å². The van der Waals surface area contributed by atoms with Crippen molar-refractivity contribution in [2.24, 2.45) is 0 Å². The number of carbonyl (C=O) groups excluding carboxylic acids is 2. The summed E-state index contributed by atoms with van der Waals surface area (Å²) >= 11 is 5.88. The highest BCUT2D eigenvalue weighted by Crippen LogP contribution is 2.24. The Morgan fingerprint density at radius 1 is 1.10 bits per heavy atom. The molecule has 6 heteroatoms. The van der Waals surface area contributed by atoms with Crippen LogP contribution in [0.5, 0.6) is 0 Å². The summed E-state index contributed by atoms with van der Waals surface area (Å²) in [5.74, 6) is -1.64. The van der Waals surface area contributed by atoms with Crippen molar-refractivity contribution in [2.75, 3.05) is 5.32 Å². The first kappa shape index (κ1) is 14.7. The van der Waals surface area contributed by atoms with Gasteiger partial charge in [0.15, 0.2) is 5.78 Å². The molecule has 0 radical (unpaired) electrons. The minimum Gasteiger partial charge on any atom is -0.478 e. The molecule has 2 N–H and O–H groups in total. The molecule has 2 aromatic carbocycles. The highest BCUT2D eigenvalue weighted by Gasteiger charge is 2.18. The number of rotatable bonds is 5. The van der Waals surface area contributed by atoms with Gasteiger partial charge in [-0.15, -0.1) is 0 Å². The number of carboxylic acid groups (broad SMARTS) is 1. The fraction of sp³-hybridized carbons (Fsp3) is 0. The van der Waals surface area contributed by atoms with Crippen molar-refractivity contribution in [3.63, 3.8) is 0 Å². The SMILES string of the molecule is O=CNc1cc(C(=O)c2ccccc2C(=O)O)ccc1Cl. The second-order valence-electron chi connectivity index (χ2n) is 4.14. The van der Waals surface area contributed by atoms with Crippen LogP contribution in [-0.4, -0.2) is 23.3 Å². The summed E-state index contributed by atoms with van der Waals surface area (Å²) < 4.78 is 0. The first-order valence-corrected chi connectivity index (χ1v) is 6.29. The lowest BCUT2D eigenvalue weighted by Crippen LogP contribution is -2.10. The number of carboxylic acids is 1. The molecule has 21 heavy (non-hydrogen) atoms. The van der Waals surface area contributed by atoms with Gasteiger partial charge in [0.1, 0.15) is 0 Å². The van der Waals surface area contributed by atoms with Crippen LogP contribution in [0.3, 0.4) is 0 Å². The lowest BCUT2D eigenvalue weighted by Gasteiger charge is -2.08. The number of carbonyl (C=O) groups is 3. The molecule has 2 rings (SSSR count). The van der Waals surface area contributed by atoms with Crippen molar-refractivity contribution >= 4 is 35.5 Å². The summed E-state index contributed by atoms with van der Waals surface area (Å²) in [6.45, 7) is 0. The molecule has 5 nitrogen and oxygen atoms in total. The zero-order valence-corrected chi connectivity index (χ0v) is 11.4. The van der Waals surface area contributed by atoms with Gasteiger partial charge >= 0.3 is 5.97 Å². The van der Waals surface area contributed by atoms with Gasteiger partial charge in [-0.1, -0.05) is 29.8 Å². The summed E-state index contributed by atoms with van der Waals surface area (Å²) in [5, 5.41) is 11.8. The highest BCUT2D eigenvalue weighted by molar-refractivity contribution is 6.33. The van der Waals surface area contributed by atoms with Crippen LogP contribution in [0.15, 0.2) is 42.5 Å². The van der Waals surface area contributed by atoms with E-state index in [9.17, 15) is 14.4 Å². The van der Waals surface area contributed by atoms with E-state index in [0.29, 0.717) is 6.41 Å². The van der Waals surface area contributed by atoms with Gasteiger partial charge in [-0.25, -0.2) is 4.79 Å². The fourth-order valence-corrected chi connectivity index (χ4v) is 2.04. The predicted molar refractivity (Wildman–Crippen MR) is 78.0 cm³/mol. The van der Waals surface area contributed by atoms with Gasteiger partial charge in [0.25, 0.3) is 0 Å². The summed E-state index contributed by atoms with van der Waals surface area (Å²) in [6, 6.07) is 10.3. The maximum absolute atomic E-state index is 12.4. The number of hydrogen-bond acceptors (Lipinski definition) is 3. The molecule has 0 aliphatic heterocycles. The summed E-state index contributed by atoms with van der Waals surface area (Å²) in [4.78, 5) is 34.1. The van der Waals surface area contributed by atoms with Gasteiger partial charge in [0, 0.05) is 11.1 Å². The standard InChI is InChI=1S/C15H10ClNO4/c16-12-6-5-9(7-13(12)17-8-18)14(19)10-3-1-2-4-11(10)15(20)21/h1-8H,(H,17,18)(H,20,21). The molecule has 0 saturated carbocycles. The molecule has 0 atom stereocenters. The normalized spacial score (nSPS) is 9.95. The first-order valence-electron chi connectivity index (χ1n) is 5.91. The van der Waals surface area contributed by atoms with Gasteiger partial charge in [-0.05, 0) is 24.3 Å². The average Bonchev–Trinajstić information content (AvgIpc) is 2.49. The van der Waals surface area contributed by atoms with E-state index in [-0.39, 0.29) is 27.4 Å². The molecule has 1 amide bonds. The van der Waals surface area contributed by atoms with E-state index < -0.39 is 11.8 Å². The minimum atomic E-state index is -1.18. The quantitative estimate of drug-likeness (QED) is 0.657.